The first kappa shape index (κ1) is 54.0. The highest BCUT2D eigenvalue weighted by Crippen LogP contribution is 2.71. The molecule has 8 rings (SSSR count). The summed E-state index contributed by atoms with van der Waals surface area (Å²) in [5.41, 5.74) is -0.446. The van der Waals surface area contributed by atoms with Crippen molar-refractivity contribution < 1.29 is 63.3 Å². The minimum atomic E-state index is -0.748. The molecule has 13 nitrogen and oxygen atoms in total. The summed E-state index contributed by atoms with van der Waals surface area (Å²) in [5.74, 6) is 1.47. The molecular weight excluding hydrogens is 881 g/mol. The first-order chi connectivity index (χ1) is 32.4. The van der Waals surface area contributed by atoms with Gasteiger partial charge in [-0.25, -0.2) is 0 Å². The van der Waals surface area contributed by atoms with Crippen molar-refractivity contribution >= 4 is 29.8 Å². The van der Waals surface area contributed by atoms with Crippen LogP contribution in [0.15, 0.2) is 0 Å². The molecule has 392 valence electrons. The zero-order valence-electron chi connectivity index (χ0n) is 43.8. The normalized spacial score (nSPS) is 46.0. The molecule has 0 heterocycles. The molecule has 8 aliphatic rings. The largest absolute Gasteiger partial charge is 0.481 e. The lowest BCUT2D eigenvalue weighted by Gasteiger charge is -2.64. The van der Waals surface area contributed by atoms with E-state index in [1.165, 1.54) is 20.8 Å². The number of esters is 4. The van der Waals surface area contributed by atoms with E-state index < -0.39 is 12.1 Å². The van der Waals surface area contributed by atoms with E-state index in [9.17, 15) is 39.3 Å². The lowest BCUT2D eigenvalue weighted by molar-refractivity contribution is -0.224. The SMILES string of the molecule is CCOC(=O)CC[C@@H](C)[C@H]1CC[C@H]2[C@@H]3[C@H](OC(C)=O)C[C@@H]4C[C@H](OC(C)=O)CC[C@]4(C)[C@H]3C[C@@H](OC(C)=O)[C@]12C.C[C@H](CCC(=O)O)[C@H]1CC[C@H]2[C@@H]3[C@H](O)C[C@@H]4C[C@H](O)CC[C@]4(C)[C@H]3C[C@@H](O)[C@]12C. The van der Waals surface area contributed by atoms with Gasteiger partial charge in [-0.05, 0) is 191 Å². The number of rotatable bonds is 12. The predicted molar refractivity (Wildman–Crippen MR) is 258 cm³/mol. The number of hydrogen-bond donors (Lipinski definition) is 4. The zero-order chi connectivity index (χ0) is 50.5. The highest BCUT2D eigenvalue weighted by Gasteiger charge is 2.69. The number of aliphatic hydroxyl groups excluding tert-OH is 3. The standard InChI is InChI=1S/C32H50O8.C24H40O5/c1-8-37-29(36)12-9-18(2)24-10-11-25-30-26(17-28(32(24,25)7)40-21(5)35)31(6)14-13-23(38-19(3)33)15-22(31)16-27(30)39-20(4)34;1-13(4-7-21(28)29)16-5-6-17-22-18(12-20(27)24(16,17)3)23(2)9-8-15(25)10-14(23)11-19(22)26/h18,22-28,30H,8-17H2,1-7H3;13-20,22,25-27H,4-12H2,1-3H3,(H,28,29)/t18-,22+,23-,24-,25+,26+,27-,28-,30+,31+,32-;13-,14+,15-,16-,17+,18+,19-,20-,22+,23+,24-/m11/s1. The number of aliphatic carboxylic acids is 1. The number of aliphatic hydroxyl groups is 3. The van der Waals surface area contributed by atoms with Crippen LogP contribution in [-0.2, 0) is 42.9 Å². The summed E-state index contributed by atoms with van der Waals surface area (Å²) in [4.78, 5) is 59.8. The molecule has 0 aromatic carbocycles. The molecule has 69 heavy (non-hydrogen) atoms. The predicted octanol–water partition coefficient (Wildman–Crippen LogP) is 9.09. The summed E-state index contributed by atoms with van der Waals surface area (Å²) in [6.45, 7) is 20.2. The number of carbonyl (C=O) groups excluding carboxylic acids is 4. The first-order valence-electron chi connectivity index (χ1n) is 27.3. The average Bonchev–Trinajstić information content (AvgIpc) is 3.81. The Balaban J connectivity index is 0.000000214. The van der Waals surface area contributed by atoms with Gasteiger partial charge in [0.1, 0.15) is 18.3 Å². The van der Waals surface area contributed by atoms with Crippen LogP contribution in [0.5, 0.6) is 0 Å². The van der Waals surface area contributed by atoms with E-state index in [2.05, 4.69) is 41.5 Å². The van der Waals surface area contributed by atoms with Crippen LogP contribution in [0.25, 0.3) is 0 Å². The fourth-order valence-corrected chi connectivity index (χ4v) is 18.6. The van der Waals surface area contributed by atoms with E-state index in [4.69, 9.17) is 24.1 Å². The van der Waals surface area contributed by atoms with Gasteiger partial charge < -0.3 is 39.4 Å². The van der Waals surface area contributed by atoms with Crippen molar-refractivity contribution in [2.75, 3.05) is 6.61 Å². The lowest BCUT2D eigenvalue weighted by atomic mass is 9.43. The van der Waals surface area contributed by atoms with Crippen LogP contribution in [-0.4, -0.2) is 93.5 Å². The van der Waals surface area contributed by atoms with Crippen molar-refractivity contribution in [3.8, 4) is 0 Å². The van der Waals surface area contributed by atoms with E-state index >= 15 is 0 Å². The smallest absolute Gasteiger partial charge is 0.305 e. The van der Waals surface area contributed by atoms with E-state index in [0.717, 1.165) is 96.3 Å². The van der Waals surface area contributed by atoms with Gasteiger partial charge in [-0.1, -0.05) is 41.5 Å². The van der Waals surface area contributed by atoms with Crippen LogP contribution in [0.4, 0.5) is 0 Å². The van der Waals surface area contributed by atoms with Gasteiger partial charge in [-0.2, -0.15) is 0 Å². The molecule has 8 fully saturated rings. The summed E-state index contributed by atoms with van der Waals surface area (Å²) >= 11 is 0. The van der Waals surface area contributed by atoms with Crippen molar-refractivity contribution in [3.05, 3.63) is 0 Å². The molecule has 0 spiro atoms. The van der Waals surface area contributed by atoms with Crippen LogP contribution < -0.4 is 0 Å². The van der Waals surface area contributed by atoms with Crippen molar-refractivity contribution in [1.29, 1.82) is 0 Å². The van der Waals surface area contributed by atoms with Gasteiger partial charge in [0.05, 0.1) is 24.9 Å². The van der Waals surface area contributed by atoms with Crippen LogP contribution in [0.2, 0.25) is 0 Å². The molecule has 0 aromatic rings. The van der Waals surface area contributed by atoms with Gasteiger partial charge in [0.2, 0.25) is 0 Å². The van der Waals surface area contributed by atoms with Gasteiger partial charge in [0.25, 0.3) is 0 Å². The molecule has 0 bridgehead atoms. The highest BCUT2D eigenvalue weighted by atomic mass is 16.6. The maximum Gasteiger partial charge on any atom is 0.305 e. The topological polar surface area (TPSA) is 203 Å². The summed E-state index contributed by atoms with van der Waals surface area (Å²) in [6.07, 6.45) is 12.5. The Kier molecular flexibility index (Phi) is 16.4. The second kappa shape index (κ2) is 21.0. The Morgan fingerprint density at radius 3 is 1.74 bits per heavy atom. The Morgan fingerprint density at radius 2 is 1.14 bits per heavy atom. The molecule has 13 heteroatoms. The number of carboxylic acids is 1. The van der Waals surface area contributed by atoms with Crippen LogP contribution in [0.3, 0.4) is 0 Å². The number of hydrogen-bond acceptors (Lipinski definition) is 12. The van der Waals surface area contributed by atoms with Crippen molar-refractivity contribution in [2.45, 2.75) is 221 Å². The molecule has 8 aliphatic carbocycles. The molecule has 0 aliphatic heterocycles. The Hall–Kier alpha value is -2.77. The molecule has 0 amide bonds. The van der Waals surface area contributed by atoms with Crippen molar-refractivity contribution in [3.63, 3.8) is 0 Å². The average molecular weight is 971 g/mol. The maximum absolute atomic E-state index is 12.5. The van der Waals surface area contributed by atoms with Crippen molar-refractivity contribution in [2.24, 2.45) is 92.7 Å². The van der Waals surface area contributed by atoms with Gasteiger partial charge in [-0.3, -0.25) is 24.0 Å². The second-order valence-corrected chi connectivity index (χ2v) is 25.0. The van der Waals surface area contributed by atoms with Gasteiger partial charge >= 0.3 is 29.8 Å². The molecule has 22 atom stereocenters. The fraction of sp³-hybridized carbons (Fsp3) is 0.911. The Bertz CT molecular complexity index is 1870. The van der Waals surface area contributed by atoms with E-state index in [1.54, 1.807) is 0 Å². The Morgan fingerprint density at radius 1 is 0.594 bits per heavy atom. The molecular formula is C56H90O13. The molecule has 0 saturated heterocycles. The fourth-order valence-electron chi connectivity index (χ4n) is 18.6. The van der Waals surface area contributed by atoms with Crippen molar-refractivity contribution in [1.82, 2.24) is 0 Å². The quantitative estimate of drug-likeness (QED) is 0.107. The third-order valence-corrected chi connectivity index (χ3v) is 21.8. The van der Waals surface area contributed by atoms with Crippen LogP contribution >= 0.6 is 0 Å². The summed E-state index contributed by atoms with van der Waals surface area (Å²) in [5, 5.41) is 42.0. The maximum atomic E-state index is 12.5. The number of carbonyl (C=O) groups is 5. The summed E-state index contributed by atoms with van der Waals surface area (Å²) < 4.78 is 23.2. The lowest BCUT2D eigenvalue weighted by Crippen LogP contribution is -2.63. The Labute approximate surface area is 412 Å². The first-order valence-corrected chi connectivity index (χ1v) is 27.3. The number of ether oxygens (including phenoxy) is 4. The third-order valence-electron chi connectivity index (χ3n) is 21.8. The molecule has 0 aromatic heterocycles. The molecule has 0 unspecified atom stereocenters. The number of fused-ring (bicyclic) bond motifs is 10. The molecule has 0 radical (unpaired) electrons. The minimum absolute atomic E-state index is 0.0225. The third kappa shape index (κ3) is 10.2. The van der Waals surface area contributed by atoms with Crippen LogP contribution in [0.1, 0.15) is 185 Å². The second-order valence-electron chi connectivity index (χ2n) is 25.0. The van der Waals surface area contributed by atoms with Crippen LogP contribution in [0, 0.1) is 92.7 Å². The van der Waals surface area contributed by atoms with E-state index in [0.29, 0.717) is 43.1 Å². The molecule has 8 saturated carbocycles. The van der Waals surface area contributed by atoms with Gasteiger partial charge in [0, 0.05) is 44.9 Å². The molecule has 4 N–H and O–H groups in total. The van der Waals surface area contributed by atoms with Gasteiger partial charge in [0.15, 0.2) is 0 Å². The highest BCUT2D eigenvalue weighted by molar-refractivity contribution is 5.69. The minimum Gasteiger partial charge on any atom is -0.481 e. The summed E-state index contributed by atoms with van der Waals surface area (Å²) in [7, 11) is 0. The van der Waals surface area contributed by atoms with E-state index in [1.807, 2.05) is 6.92 Å². The zero-order valence-corrected chi connectivity index (χ0v) is 43.8. The van der Waals surface area contributed by atoms with Gasteiger partial charge in [-0.15, -0.1) is 0 Å². The summed E-state index contributed by atoms with van der Waals surface area (Å²) in [6, 6.07) is 0. The van der Waals surface area contributed by atoms with E-state index in [-0.39, 0.29) is 130 Å². The number of carboxylic acid groups (broad SMARTS) is 1. The monoisotopic (exact) mass is 971 g/mol.